The average Bonchev–Trinajstić information content (AvgIpc) is 3.60. The van der Waals surface area contributed by atoms with Crippen molar-refractivity contribution in [1.82, 2.24) is 14.5 Å². The Morgan fingerprint density at radius 2 is 1.53 bits per heavy atom. The van der Waals surface area contributed by atoms with Crippen LogP contribution in [0.1, 0.15) is 37.1 Å². The van der Waals surface area contributed by atoms with Gasteiger partial charge in [0.05, 0.1) is 22.6 Å². The van der Waals surface area contributed by atoms with Gasteiger partial charge in [0.1, 0.15) is 0 Å². The van der Waals surface area contributed by atoms with Crippen molar-refractivity contribution in [3.05, 3.63) is 149 Å². The van der Waals surface area contributed by atoms with Crippen LogP contribution < -0.4 is 0 Å². The van der Waals surface area contributed by atoms with E-state index in [4.69, 9.17) is 9.97 Å². The van der Waals surface area contributed by atoms with E-state index in [1.165, 1.54) is 66.3 Å². The van der Waals surface area contributed by atoms with Crippen LogP contribution in [0.3, 0.4) is 0 Å². The lowest BCUT2D eigenvalue weighted by Gasteiger charge is -2.42. The summed E-state index contributed by atoms with van der Waals surface area (Å²) in [7, 11) is 0. The van der Waals surface area contributed by atoms with E-state index in [0.29, 0.717) is 5.92 Å². The van der Waals surface area contributed by atoms with Crippen LogP contribution in [0.5, 0.6) is 0 Å². The first-order valence-electron chi connectivity index (χ1n) is 16.8. The molecule has 0 saturated heterocycles. The minimum Gasteiger partial charge on any atom is -0.278 e. The minimum absolute atomic E-state index is 0.207. The van der Waals surface area contributed by atoms with E-state index < -0.39 is 0 Å². The number of benzene rings is 4. The third-order valence-electron chi connectivity index (χ3n) is 11.5. The zero-order chi connectivity index (χ0) is 31.0. The predicted molar refractivity (Wildman–Crippen MR) is 193 cm³/mol. The topological polar surface area (TPSA) is 30.7 Å². The minimum atomic E-state index is -0.207. The van der Waals surface area contributed by atoms with Crippen LogP contribution in [0, 0.1) is 11.8 Å². The Labute approximate surface area is 273 Å². The highest BCUT2D eigenvalue weighted by molar-refractivity contribution is 6.17. The van der Waals surface area contributed by atoms with Crippen LogP contribution in [0.2, 0.25) is 0 Å². The van der Waals surface area contributed by atoms with E-state index in [1.807, 2.05) is 0 Å². The molecular weight excluding hydrogens is 571 g/mol. The molecule has 0 N–H and O–H groups in total. The molecule has 4 aromatic carbocycles. The Balaban J connectivity index is 1.28. The zero-order valence-electron chi connectivity index (χ0n) is 26.3. The summed E-state index contributed by atoms with van der Waals surface area (Å²) in [6, 6.07) is 30.7. The van der Waals surface area contributed by atoms with Crippen molar-refractivity contribution >= 4 is 33.3 Å². The predicted octanol–water partition coefficient (Wildman–Crippen LogP) is 10.6. The third kappa shape index (κ3) is 3.12. The van der Waals surface area contributed by atoms with E-state index in [2.05, 4.69) is 146 Å². The summed E-state index contributed by atoms with van der Waals surface area (Å²) in [5, 5.41) is 3.85. The van der Waals surface area contributed by atoms with Gasteiger partial charge in [0.15, 0.2) is 0 Å². The van der Waals surface area contributed by atoms with Crippen LogP contribution in [0.15, 0.2) is 133 Å². The van der Waals surface area contributed by atoms with Crippen LogP contribution in [-0.4, -0.2) is 14.5 Å². The van der Waals surface area contributed by atoms with Gasteiger partial charge in [-0.2, -0.15) is 0 Å². The molecule has 47 heavy (non-hydrogen) atoms. The summed E-state index contributed by atoms with van der Waals surface area (Å²) >= 11 is 0. The molecule has 222 valence electrons. The largest absolute Gasteiger partial charge is 0.278 e. The maximum absolute atomic E-state index is 5.54. The molecule has 3 unspecified atom stereocenters. The lowest BCUT2D eigenvalue weighted by molar-refractivity contribution is 0.472. The van der Waals surface area contributed by atoms with E-state index >= 15 is 0 Å². The molecule has 3 heteroatoms. The molecule has 3 nitrogen and oxygen atoms in total. The van der Waals surface area contributed by atoms with E-state index in [0.717, 1.165) is 34.9 Å². The van der Waals surface area contributed by atoms with Crippen LogP contribution in [0.4, 0.5) is 0 Å². The molecule has 0 amide bonds. The highest BCUT2D eigenvalue weighted by Gasteiger charge is 2.48. The van der Waals surface area contributed by atoms with Gasteiger partial charge in [-0.15, -0.1) is 0 Å². The van der Waals surface area contributed by atoms with Gasteiger partial charge < -0.3 is 0 Å². The van der Waals surface area contributed by atoms with Gasteiger partial charge in [-0.3, -0.25) is 4.57 Å². The van der Waals surface area contributed by atoms with Gasteiger partial charge in [0.25, 0.3) is 0 Å². The Morgan fingerprint density at radius 3 is 2.40 bits per heavy atom. The molecule has 5 aliphatic rings. The monoisotopic (exact) mass is 601 g/mol. The fourth-order valence-corrected chi connectivity index (χ4v) is 9.37. The molecule has 0 aliphatic heterocycles. The molecular formula is C44H31N3. The fraction of sp³-hybridized carbons (Fsp3) is 0.136. The summed E-state index contributed by atoms with van der Waals surface area (Å²) in [6.07, 6.45) is 17.6. The molecule has 3 atom stereocenters. The van der Waals surface area contributed by atoms with Crippen molar-refractivity contribution in [2.45, 2.75) is 25.7 Å². The number of allylic oxidation sites excluding steroid dienone is 9. The van der Waals surface area contributed by atoms with Gasteiger partial charge in [-0.1, -0.05) is 129 Å². The van der Waals surface area contributed by atoms with Crippen LogP contribution >= 0.6 is 0 Å². The van der Waals surface area contributed by atoms with Crippen LogP contribution in [0.25, 0.3) is 72.9 Å². The van der Waals surface area contributed by atoms with Gasteiger partial charge in [-0.05, 0) is 68.7 Å². The number of hydrogen-bond donors (Lipinski definition) is 0. The Bertz CT molecular complexity index is 2570. The van der Waals surface area contributed by atoms with E-state index in [9.17, 15) is 0 Å². The first-order valence-corrected chi connectivity index (χ1v) is 16.8. The molecule has 11 rings (SSSR count). The summed E-state index contributed by atoms with van der Waals surface area (Å²) in [4.78, 5) is 11.1. The standard InChI is InChI=1S/C44H31N3/c1-25-20-22-29-33(24-25)30-15-9-19-35-38(30)40-36(23-21-28-14-8-18-34(29)44(28,40)2)47(35)43-45-41(27-10-4-3-5-11-27)39-31-16-6-12-26-13-7-17-32(37(26)31)42(39)46-43/h3-23,25,28H,24H2,1-2H3. The Hall–Kier alpha value is -5.54. The fourth-order valence-electron chi connectivity index (χ4n) is 9.37. The number of aromatic nitrogens is 3. The second-order valence-electron chi connectivity index (χ2n) is 14.0. The molecule has 5 aliphatic carbocycles. The lowest BCUT2D eigenvalue weighted by Crippen LogP contribution is -2.36. The first kappa shape index (κ1) is 25.6. The summed E-state index contributed by atoms with van der Waals surface area (Å²) in [5.41, 5.74) is 15.8. The molecule has 0 bridgehead atoms. The van der Waals surface area contributed by atoms with Crippen molar-refractivity contribution in [2.75, 3.05) is 0 Å². The second-order valence-corrected chi connectivity index (χ2v) is 14.0. The van der Waals surface area contributed by atoms with Crippen molar-refractivity contribution in [3.63, 3.8) is 0 Å². The average molecular weight is 602 g/mol. The highest BCUT2D eigenvalue weighted by Crippen LogP contribution is 2.58. The van der Waals surface area contributed by atoms with E-state index in [-0.39, 0.29) is 11.3 Å². The summed E-state index contributed by atoms with van der Waals surface area (Å²) in [6.45, 7) is 4.80. The van der Waals surface area contributed by atoms with E-state index in [1.54, 1.807) is 0 Å². The molecule has 6 aromatic rings. The molecule has 2 heterocycles. The smallest absolute Gasteiger partial charge is 0.235 e. The van der Waals surface area contributed by atoms with Gasteiger partial charge >= 0.3 is 0 Å². The number of rotatable bonds is 2. The Morgan fingerprint density at radius 1 is 0.745 bits per heavy atom. The van der Waals surface area contributed by atoms with Crippen molar-refractivity contribution in [2.24, 2.45) is 11.8 Å². The normalized spacial score (nSPS) is 22.5. The third-order valence-corrected chi connectivity index (χ3v) is 11.5. The van der Waals surface area contributed by atoms with Crippen LogP contribution in [-0.2, 0) is 5.41 Å². The molecule has 2 aromatic heterocycles. The maximum Gasteiger partial charge on any atom is 0.235 e. The highest BCUT2D eigenvalue weighted by atomic mass is 15.2. The molecule has 0 fully saturated rings. The number of fused-ring (bicyclic) bond motifs is 5. The first-order chi connectivity index (χ1) is 23.1. The molecule has 0 saturated carbocycles. The maximum atomic E-state index is 5.54. The van der Waals surface area contributed by atoms with Crippen molar-refractivity contribution in [3.8, 4) is 39.6 Å². The zero-order valence-corrected chi connectivity index (χ0v) is 26.3. The van der Waals surface area contributed by atoms with Gasteiger partial charge in [0, 0.05) is 33.4 Å². The summed E-state index contributed by atoms with van der Waals surface area (Å²) in [5.74, 6) is 1.50. The number of nitrogens with zero attached hydrogens (tertiary/aromatic N) is 3. The van der Waals surface area contributed by atoms with Crippen molar-refractivity contribution < 1.29 is 0 Å². The quantitative estimate of drug-likeness (QED) is 0.197. The van der Waals surface area contributed by atoms with Crippen molar-refractivity contribution in [1.29, 1.82) is 0 Å². The van der Waals surface area contributed by atoms with Gasteiger partial charge in [0.2, 0.25) is 5.95 Å². The lowest BCUT2D eigenvalue weighted by atomic mass is 9.60. The Kier molecular flexibility index (Phi) is 4.82. The second kappa shape index (κ2) is 8.83. The molecule has 0 radical (unpaired) electrons. The SMILES string of the molecule is CC1C=CC2=C(C1)c1cccc3c1c1c(n3-c3nc(-c4ccccc4)c4c(n3)-c3cccc5cccc-4c35)C=CC3C=CC=C2C13C. The van der Waals surface area contributed by atoms with Gasteiger partial charge in [-0.25, -0.2) is 9.97 Å². The number of hydrogen-bond acceptors (Lipinski definition) is 2. The molecule has 0 spiro atoms. The summed E-state index contributed by atoms with van der Waals surface area (Å²) < 4.78 is 2.37.